The van der Waals surface area contributed by atoms with Crippen LogP contribution in [0.25, 0.3) is 0 Å². The van der Waals surface area contributed by atoms with E-state index in [9.17, 15) is 10.2 Å². The van der Waals surface area contributed by atoms with Crippen molar-refractivity contribution in [3.05, 3.63) is 81.8 Å². The monoisotopic (exact) mass is 354 g/mol. The average Bonchev–Trinajstić information content (AvgIpc) is 3.02. The number of hydrogen-bond acceptors (Lipinski definition) is 5. The molecule has 2 unspecified atom stereocenters. The third-order valence-corrected chi connectivity index (χ3v) is 5.21. The first kappa shape index (κ1) is 17.7. The molecular formula is C20H22N2O2S. The van der Waals surface area contributed by atoms with E-state index in [1.807, 2.05) is 60.7 Å². The predicted octanol–water partition coefficient (Wildman–Crippen LogP) is 3.44. The number of rotatable bonds is 6. The second-order valence-electron chi connectivity index (χ2n) is 6.72. The fourth-order valence-electron chi connectivity index (χ4n) is 2.82. The fraction of sp³-hybridized carbons (Fsp3) is 0.300. The summed E-state index contributed by atoms with van der Waals surface area (Å²) in [7, 11) is 0. The van der Waals surface area contributed by atoms with Crippen LogP contribution in [0.5, 0.6) is 0 Å². The molecule has 0 aliphatic heterocycles. The van der Waals surface area contributed by atoms with Crippen LogP contribution in [0.1, 0.15) is 35.0 Å². The summed E-state index contributed by atoms with van der Waals surface area (Å²) in [5.41, 5.74) is -0.300. The lowest BCUT2D eigenvalue weighted by Gasteiger charge is -2.23. The van der Waals surface area contributed by atoms with Crippen molar-refractivity contribution >= 4 is 11.3 Å². The Morgan fingerprint density at radius 3 is 1.44 bits per heavy atom. The summed E-state index contributed by atoms with van der Waals surface area (Å²) in [5.74, 6) is 0. The van der Waals surface area contributed by atoms with Gasteiger partial charge < -0.3 is 10.2 Å². The summed E-state index contributed by atoms with van der Waals surface area (Å²) < 4.78 is 0. The maximum Gasteiger partial charge on any atom is 0.120 e. The highest BCUT2D eigenvalue weighted by Crippen LogP contribution is 2.29. The average molecular weight is 354 g/mol. The molecule has 0 aliphatic rings. The molecule has 2 aromatic carbocycles. The van der Waals surface area contributed by atoms with Gasteiger partial charge in [0.1, 0.15) is 10.0 Å². The second-order valence-corrected chi connectivity index (χ2v) is 7.87. The minimum absolute atomic E-state index is 0.391. The third-order valence-electron chi connectivity index (χ3n) is 4.29. The first-order valence-corrected chi connectivity index (χ1v) is 9.05. The van der Waals surface area contributed by atoms with Crippen LogP contribution in [0.4, 0.5) is 0 Å². The van der Waals surface area contributed by atoms with Gasteiger partial charge in [-0.25, -0.2) is 0 Å². The number of aliphatic hydroxyl groups is 2. The summed E-state index contributed by atoms with van der Waals surface area (Å²) in [5, 5.41) is 31.4. The lowest BCUT2D eigenvalue weighted by molar-refractivity contribution is 0.0566. The Morgan fingerprint density at radius 2 is 1.08 bits per heavy atom. The van der Waals surface area contributed by atoms with Crippen molar-refractivity contribution in [3.63, 3.8) is 0 Å². The Labute approximate surface area is 151 Å². The van der Waals surface area contributed by atoms with Crippen molar-refractivity contribution in [1.82, 2.24) is 10.2 Å². The first-order valence-electron chi connectivity index (χ1n) is 8.24. The van der Waals surface area contributed by atoms with Crippen LogP contribution in [0.15, 0.2) is 60.7 Å². The molecule has 5 heteroatoms. The number of nitrogens with zero attached hydrogens (tertiary/aromatic N) is 2. The van der Waals surface area contributed by atoms with Gasteiger partial charge in [0.05, 0.1) is 11.2 Å². The minimum Gasteiger partial charge on any atom is -0.385 e. The minimum atomic E-state index is -1.000. The van der Waals surface area contributed by atoms with Gasteiger partial charge in [0, 0.05) is 12.8 Å². The summed E-state index contributed by atoms with van der Waals surface area (Å²) in [6, 6.07) is 19.1. The van der Waals surface area contributed by atoms with E-state index < -0.39 is 11.2 Å². The number of aromatic nitrogens is 2. The molecule has 2 N–H and O–H groups in total. The highest BCUT2D eigenvalue weighted by Gasteiger charge is 2.28. The molecule has 0 aliphatic carbocycles. The van der Waals surface area contributed by atoms with Crippen LogP contribution in [-0.4, -0.2) is 20.4 Å². The van der Waals surface area contributed by atoms with E-state index in [2.05, 4.69) is 10.2 Å². The van der Waals surface area contributed by atoms with Crippen molar-refractivity contribution in [2.45, 2.75) is 37.9 Å². The molecule has 130 valence electrons. The Hall–Kier alpha value is -2.08. The third kappa shape index (κ3) is 4.31. The van der Waals surface area contributed by atoms with Gasteiger partial charge in [-0.15, -0.1) is 21.5 Å². The predicted molar refractivity (Wildman–Crippen MR) is 99.3 cm³/mol. The highest BCUT2D eigenvalue weighted by molar-refractivity contribution is 7.11. The molecule has 1 heterocycles. The number of benzene rings is 2. The van der Waals surface area contributed by atoms with Crippen LogP contribution in [-0.2, 0) is 24.0 Å². The molecule has 3 rings (SSSR count). The molecule has 0 amide bonds. The zero-order valence-corrected chi connectivity index (χ0v) is 15.2. The lowest BCUT2D eigenvalue weighted by Crippen LogP contribution is -2.24. The maximum atomic E-state index is 10.7. The largest absolute Gasteiger partial charge is 0.385 e. The van der Waals surface area contributed by atoms with E-state index in [0.717, 1.165) is 21.1 Å². The summed E-state index contributed by atoms with van der Waals surface area (Å²) in [6.07, 6.45) is 0.782. The van der Waals surface area contributed by atoms with Gasteiger partial charge in [-0.1, -0.05) is 60.7 Å². The van der Waals surface area contributed by atoms with Crippen molar-refractivity contribution in [2.24, 2.45) is 0 Å². The Morgan fingerprint density at radius 1 is 0.720 bits per heavy atom. The molecule has 0 spiro atoms. The first-order chi connectivity index (χ1) is 11.9. The van der Waals surface area contributed by atoms with E-state index in [0.29, 0.717) is 12.8 Å². The molecule has 1 aromatic heterocycles. The van der Waals surface area contributed by atoms with Crippen molar-refractivity contribution in [3.8, 4) is 0 Å². The molecule has 2 atom stereocenters. The molecule has 0 fully saturated rings. The van der Waals surface area contributed by atoms with E-state index in [4.69, 9.17) is 0 Å². The van der Waals surface area contributed by atoms with Crippen LogP contribution in [0.2, 0.25) is 0 Å². The van der Waals surface area contributed by atoms with E-state index in [-0.39, 0.29) is 0 Å². The van der Waals surface area contributed by atoms with Gasteiger partial charge in [-0.05, 0) is 25.0 Å². The molecule has 25 heavy (non-hydrogen) atoms. The lowest BCUT2D eigenvalue weighted by atomic mass is 9.93. The van der Waals surface area contributed by atoms with Crippen LogP contribution in [0, 0.1) is 0 Å². The van der Waals surface area contributed by atoms with Gasteiger partial charge in [-0.3, -0.25) is 0 Å². The summed E-state index contributed by atoms with van der Waals surface area (Å²) in [4.78, 5) is 0. The quantitative estimate of drug-likeness (QED) is 0.712. The molecule has 3 aromatic rings. The van der Waals surface area contributed by atoms with Crippen LogP contribution < -0.4 is 0 Å². The van der Waals surface area contributed by atoms with E-state index in [1.54, 1.807) is 13.8 Å². The van der Waals surface area contributed by atoms with Gasteiger partial charge in [0.15, 0.2) is 0 Å². The standard InChI is InChI=1S/C20H22N2O2S/c1-19(23,15-9-5-3-6-10-15)13-17-21-22-18(25-17)14-20(2,24)16-11-7-4-8-12-16/h3-12,23-24H,13-14H2,1-2H3. The van der Waals surface area contributed by atoms with Crippen LogP contribution >= 0.6 is 11.3 Å². The van der Waals surface area contributed by atoms with Gasteiger partial charge >= 0.3 is 0 Å². The van der Waals surface area contributed by atoms with Crippen molar-refractivity contribution in [2.75, 3.05) is 0 Å². The van der Waals surface area contributed by atoms with Gasteiger partial charge in [-0.2, -0.15) is 0 Å². The SMILES string of the molecule is CC(O)(Cc1nnc(CC(C)(O)c2ccccc2)s1)c1ccccc1. The van der Waals surface area contributed by atoms with E-state index in [1.165, 1.54) is 11.3 Å². The van der Waals surface area contributed by atoms with E-state index >= 15 is 0 Å². The molecule has 4 nitrogen and oxygen atoms in total. The van der Waals surface area contributed by atoms with Crippen molar-refractivity contribution < 1.29 is 10.2 Å². The smallest absolute Gasteiger partial charge is 0.120 e. The highest BCUT2D eigenvalue weighted by atomic mass is 32.1. The maximum absolute atomic E-state index is 10.7. The second kappa shape index (κ2) is 7.04. The number of hydrogen-bond donors (Lipinski definition) is 2. The van der Waals surface area contributed by atoms with Gasteiger partial charge in [0.25, 0.3) is 0 Å². The molecule has 0 saturated heterocycles. The van der Waals surface area contributed by atoms with Crippen molar-refractivity contribution in [1.29, 1.82) is 0 Å². The topological polar surface area (TPSA) is 66.2 Å². The molecule has 0 saturated carbocycles. The normalized spacial score (nSPS) is 16.2. The fourth-order valence-corrected chi connectivity index (χ4v) is 3.96. The Bertz CT molecular complexity index is 746. The van der Waals surface area contributed by atoms with Gasteiger partial charge in [0.2, 0.25) is 0 Å². The summed E-state index contributed by atoms with van der Waals surface area (Å²) >= 11 is 1.43. The Balaban J connectivity index is 1.73. The zero-order valence-electron chi connectivity index (χ0n) is 14.4. The summed E-state index contributed by atoms with van der Waals surface area (Å²) in [6.45, 7) is 3.56. The molecular weight excluding hydrogens is 332 g/mol. The molecule has 0 radical (unpaired) electrons. The Kier molecular flexibility index (Phi) is 4.99. The molecule has 0 bridgehead atoms. The zero-order chi connectivity index (χ0) is 17.9. The van der Waals surface area contributed by atoms with Crippen LogP contribution in [0.3, 0.4) is 0 Å².